The van der Waals surface area contributed by atoms with E-state index in [1.54, 1.807) is 24.3 Å². The van der Waals surface area contributed by atoms with E-state index in [9.17, 15) is 8.42 Å². The van der Waals surface area contributed by atoms with E-state index < -0.39 is 10.0 Å². The van der Waals surface area contributed by atoms with Gasteiger partial charge in [0.05, 0.1) is 4.90 Å². The Morgan fingerprint density at radius 3 is 2.14 bits per heavy atom. The Hall–Kier alpha value is -1.17. The smallest absolute Gasteiger partial charge is 0.207 e. The lowest BCUT2D eigenvalue weighted by Gasteiger charge is -2.18. The first-order valence-electron chi connectivity index (χ1n) is 6.77. The van der Waals surface area contributed by atoms with Gasteiger partial charge < -0.3 is 0 Å². The molecule has 0 unspecified atom stereocenters. The number of nitrogens with one attached hydrogen (secondary N) is 1. The van der Waals surface area contributed by atoms with Gasteiger partial charge in [0.1, 0.15) is 0 Å². The van der Waals surface area contributed by atoms with Gasteiger partial charge in [-0.1, -0.05) is 52.7 Å². The van der Waals surface area contributed by atoms with E-state index in [1.165, 1.54) is 0 Å². The number of sulfonamides is 1. The van der Waals surface area contributed by atoms with Crippen molar-refractivity contribution in [2.45, 2.75) is 31.2 Å². The molecule has 0 radical (unpaired) electrons. The highest BCUT2D eigenvalue weighted by Gasteiger charge is 2.20. The van der Waals surface area contributed by atoms with Crippen LogP contribution in [0, 0.1) is 6.92 Å². The Kier molecular flexibility index (Phi) is 5.19. The van der Waals surface area contributed by atoms with Gasteiger partial charge in [0.15, 0.2) is 0 Å². The van der Waals surface area contributed by atoms with Crippen LogP contribution in [-0.4, -0.2) is 8.42 Å². The van der Waals surface area contributed by atoms with Crippen LogP contribution in [0.5, 0.6) is 0 Å². The van der Waals surface area contributed by atoms with E-state index in [0.717, 1.165) is 15.6 Å². The van der Waals surface area contributed by atoms with Gasteiger partial charge in [-0.15, -0.1) is 0 Å². The molecule has 0 aliphatic heterocycles. The number of hydrogen-bond acceptors (Lipinski definition) is 2. The minimum absolute atomic E-state index is 0.223. The summed E-state index contributed by atoms with van der Waals surface area (Å²) in [5, 5.41) is 0. The van der Waals surface area contributed by atoms with Crippen molar-refractivity contribution in [3.05, 3.63) is 64.1 Å². The zero-order chi connectivity index (χ0) is 15.5. The maximum Gasteiger partial charge on any atom is 0.241 e. The molecule has 0 bridgehead atoms. The number of benzene rings is 2. The topological polar surface area (TPSA) is 46.2 Å². The van der Waals surface area contributed by atoms with Crippen molar-refractivity contribution in [3.63, 3.8) is 0 Å². The fraction of sp³-hybridized carbons (Fsp3) is 0.250. The first kappa shape index (κ1) is 16.2. The Balaban J connectivity index is 2.24. The fourth-order valence-electron chi connectivity index (χ4n) is 2.05. The Bertz CT molecular complexity index is 694. The van der Waals surface area contributed by atoms with Gasteiger partial charge in [0.2, 0.25) is 10.0 Å². The van der Waals surface area contributed by atoms with Gasteiger partial charge >= 0.3 is 0 Å². The van der Waals surface area contributed by atoms with Crippen molar-refractivity contribution in [2.24, 2.45) is 0 Å². The molecule has 0 aromatic heterocycles. The first-order chi connectivity index (χ1) is 9.92. The maximum absolute atomic E-state index is 12.4. The van der Waals surface area contributed by atoms with Crippen LogP contribution in [0.2, 0.25) is 0 Å². The second-order valence-corrected chi connectivity index (χ2v) is 7.58. The number of hydrogen-bond donors (Lipinski definition) is 1. The van der Waals surface area contributed by atoms with Crippen molar-refractivity contribution in [3.8, 4) is 0 Å². The largest absolute Gasteiger partial charge is 0.241 e. The molecule has 1 N–H and O–H groups in total. The normalized spacial score (nSPS) is 13.1. The summed E-state index contributed by atoms with van der Waals surface area (Å²) in [7, 11) is -3.52. The average molecular weight is 368 g/mol. The summed E-state index contributed by atoms with van der Waals surface area (Å²) >= 11 is 3.30. The number of aryl methyl sites for hydroxylation is 1. The van der Waals surface area contributed by atoms with E-state index in [2.05, 4.69) is 20.7 Å². The molecule has 0 fully saturated rings. The Labute approximate surface area is 134 Å². The third-order valence-electron chi connectivity index (χ3n) is 3.31. The van der Waals surface area contributed by atoms with Crippen molar-refractivity contribution in [2.75, 3.05) is 0 Å². The molecule has 0 spiro atoms. The van der Waals surface area contributed by atoms with E-state index in [1.807, 2.05) is 38.1 Å². The zero-order valence-corrected chi connectivity index (χ0v) is 14.4. The predicted octanol–water partition coefficient (Wildman–Crippen LogP) is 4.19. The van der Waals surface area contributed by atoms with Crippen LogP contribution < -0.4 is 4.72 Å². The quantitative estimate of drug-likeness (QED) is 0.860. The van der Waals surface area contributed by atoms with E-state index >= 15 is 0 Å². The predicted molar refractivity (Wildman–Crippen MR) is 88.7 cm³/mol. The van der Waals surface area contributed by atoms with Crippen molar-refractivity contribution in [1.29, 1.82) is 0 Å². The molecule has 0 aliphatic rings. The summed E-state index contributed by atoms with van der Waals surface area (Å²) in [5.74, 6) is 0. The molecule has 2 aromatic rings. The number of rotatable bonds is 5. The standard InChI is InChI=1S/C16H18BrNO2S/c1-3-16(13-6-4-12(2)5-7-13)18-21(19,20)15-10-8-14(17)9-11-15/h4-11,16,18H,3H2,1-2H3/t16-/m1/s1. The van der Waals surface area contributed by atoms with Crippen LogP contribution in [0.4, 0.5) is 0 Å². The van der Waals surface area contributed by atoms with Crippen LogP contribution in [0.25, 0.3) is 0 Å². The summed E-state index contributed by atoms with van der Waals surface area (Å²) in [4.78, 5) is 0.274. The highest BCUT2D eigenvalue weighted by Crippen LogP contribution is 2.21. The SMILES string of the molecule is CC[C@@H](NS(=O)(=O)c1ccc(Br)cc1)c1ccc(C)cc1. The molecule has 5 heteroatoms. The third-order valence-corrected chi connectivity index (χ3v) is 5.33. The third kappa shape index (κ3) is 4.15. The molecular formula is C16H18BrNO2S. The van der Waals surface area contributed by atoms with Crippen LogP contribution in [0.3, 0.4) is 0 Å². The van der Waals surface area contributed by atoms with Crippen LogP contribution >= 0.6 is 15.9 Å². The zero-order valence-electron chi connectivity index (χ0n) is 12.0. The highest BCUT2D eigenvalue weighted by atomic mass is 79.9. The molecule has 0 saturated carbocycles. The van der Waals surface area contributed by atoms with Gasteiger partial charge in [-0.2, -0.15) is 0 Å². The molecule has 2 rings (SSSR count). The van der Waals surface area contributed by atoms with Gasteiger partial charge in [-0.25, -0.2) is 13.1 Å². The second kappa shape index (κ2) is 6.73. The highest BCUT2D eigenvalue weighted by molar-refractivity contribution is 9.10. The van der Waals surface area contributed by atoms with Crippen LogP contribution in [0.1, 0.15) is 30.5 Å². The molecule has 2 aromatic carbocycles. The molecule has 21 heavy (non-hydrogen) atoms. The lowest BCUT2D eigenvalue weighted by atomic mass is 10.0. The second-order valence-electron chi connectivity index (χ2n) is 4.95. The molecule has 0 saturated heterocycles. The molecule has 1 atom stereocenters. The molecule has 0 aliphatic carbocycles. The fourth-order valence-corrected chi connectivity index (χ4v) is 3.63. The van der Waals surface area contributed by atoms with Crippen molar-refractivity contribution < 1.29 is 8.42 Å². The summed E-state index contributed by atoms with van der Waals surface area (Å²) in [6, 6.07) is 14.3. The maximum atomic E-state index is 12.4. The lowest BCUT2D eigenvalue weighted by molar-refractivity contribution is 0.550. The summed E-state index contributed by atoms with van der Waals surface area (Å²) in [6.45, 7) is 3.98. The molecule has 3 nitrogen and oxygen atoms in total. The van der Waals surface area contributed by atoms with E-state index in [4.69, 9.17) is 0 Å². The van der Waals surface area contributed by atoms with E-state index in [-0.39, 0.29) is 10.9 Å². The summed E-state index contributed by atoms with van der Waals surface area (Å²) in [6.07, 6.45) is 0.693. The van der Waals surface area contributed by atoms with Gasteiger partial charge in [0.25, 0.3) is 0 Å². The minimum atomic E-state index is -3.52. The van der Waals surface area contributed by atoms with E-state index in [0.29, 0.717) is 6.42 Å². The molecular weight excluding hydrogens is 350 g/mol. The molecule has 0 amide bonds. The van der Waals surface area contributed by atoms with Gasteiger partial charge in [-0.3, -0.25) is 0 Å². The monoisotopic (exact) mass is 367 g/mol. The van der Waals surface area contributed by atoms with Crippen LogP contribution in [0.15, 0.2) is 57.9 Å². The van der Waals surface area contributed by atoms with Crippen molar-refractivity contribution >= 4 is 26.0 Å². The van der Waals surface area contributed by atoms with Crippen molar-refractivity contribution in [1.82, 2.24) is 4.72 Å². The lowest BCUT2D eigenvalue weighted by Crippen LogP contribution is -2.28. The Morgan fingerprint density at radius 1 is 1.05 bits per heavy atom. The summed E-state index contributed by atoms with van der Waals surface area (Å²) < 4.78 is 28.5. The van der Waals surface area contributed by atoms with Gasteiger partial charge in [0, 0.05) is 10.5 Å². The summed E-state index contributed by atoms with van der Waals surface area (Å²) in [5.41, 5.74) is 2.13. The van der Waals surface area contributed by atoms with Crippen LogP contribution in [-0.2, 0) is 10.0 Å². The average Bonchev–Trinajstić information content (AvgIpc) is 2.46. The first-order valence-corrected chi connectivity index (χ1v) is 9.04. The minimum Gasteiger partial charge on any atom is -0.207 e. The van der Waals surface area contributed by atoms with Gasteiger partial charge in [-0.05, 0) is 43.2 Å². The number of halogens is 1. The molecule has 112 valence electrons. The molecule has 0 heterocycles. The Morgan fingerprint density at radius 2 is 1.62 bits per heavy atom.